The zero-order valence-electron chi connectivity index (χ0n) is 20.5. The van der Waals surface area contributed by atoms with Crippen LogP contribution in [-0.2, 0) is 22.6 Å². The standard InChI is InChI=1S/C28H30FN3O5/c29-23-8-1-2-9-24(23)37-27(28(33)31-15-21-6-3-4-12-30-21)18-32(17-22-7-5-13-34-22)16-20-10-11-25-26(14-20)36-19-35-25/h1-4,6,8-12,14,22,27H,5,7,13,15-19H2,(H,31,33). The summed E-state index contributed by atoms with van der Waals surface area (Å²) in [6, 6.07) is 17.4. The average Bonchev–Trinajstić information content (AvgIpc) is 3.60. The summed E-state index contributed by atoms with van der Waals surface area (Å²) in [7, 11) is 0. The summed E-state index contributed by atoms with van der Waals surface area (Å²) in [5.74, 6) is 0.565. The predicted molar refractivity (Wildman–Crippen MR) is 134 cm³/mol. The van der Waals surface area contributed by atoms with Gasteiger partial charge in [0.15, 0.2) is 29.2 Å². The molecule has 1 amide bonds. The lowest BCUT2D eigenvalue weighted by Gasteiger charge is -2.29. The molecule has 0 spiro atoms. The van der Waals surface area contributed by atoms with Crippen LogP contribution >= 0.6 is 0 Å². The van der Waals surface area contributed by atoms with Crippen molar-refractivity contribution in [1.29, 1.82) is 0 Å². The van der Waals surface area contributed by atoms with Crippen LogP contribution in [0.1, 0.15) is 24.1 Å². The van der Waals surface area contributed by atoms with Crippen molar-refractivity contribution < 1.29 is 28.1 Å². The zero-order valence-corrected chi connectivity index (χ0v) is 20.5. The Morgan fingerprint density at radius 1 is 1.14 bits per heavy atom. The smallest absolute Gasteiger partial charge is 0.262 e. The molecule has 194 valence electrons. The lowest BCUT2D eigenvalue weighted by molar-refractivity contribution is -0.129. The van der Waals surface area contributed by atoms with Crippen molar-refractivity contribution in [2.45, 2.75) is 38.1 Å². The number of fused-ring (bicyclic) bond motifs is 1. The minimum absolute atomic E-state index is 0.0284. The van der Waals surface area contributed by atoms with Crippen LogP contribution in [-0.4, -0.2) is 54.5 Å². The second-order valence-electron chi connectivity index (χ2n) is 9.09. The first-order valence-electron chi connectivity index (χ1n) is 12.5. The fourth-order valence-electron chi connectivity index (χ4n) is 4.47. The van der Waals surface area contributed by atoms with Gasteiger partial charge >= 0.3 is 0 Å². The Morgan fingerprint density at radius 3 is 2.81 bits per heavy atom. The van der Waals surface area contributed by atoms with Gasteiger partial charge < -0.3 is 24.3 Å². The van der Waals surface area contributed by atoms with Crippen molar-refractivity contribution in [2.24, 2.45) is 0 Å². The maximum absolute atomic E-state index is 14.5. The molecule has 2 aliphatic rings. The van der Waals surface area contributed by atoms with E-state index in [4.69, 9.17) is 18.9 Å². The van der Waals surface area contributed by atoms with Crippen LogP contribution in [0.3, 0.4) is 0 Å². The second kappa shape index (κ2) is 12.0. The molecule has 2 atom stereocenters. The summed E-state index contributed by atoms with van der Waals surface area (Å²) in [6.45, 7) is 2.54. The number of nitrogens with one attached hydrogen (secondary N) is 1. The fourth-order valence-corrected chi connectivity index (χ4v) is 4.47. The minimum atomic E-state index is -0.962. The molecule has 3 aromatic rings. The largest absolute Gasteiger partial charge is 0.476 e. The molecule has 1 N–H and O–H groups in total. The van der Waals surface area contributed by atoms with Crippen LogP contribution in [0, 0.1) is 5.82 Å². The number of ether oxygens (including phenoxy) is 4. The molecule has 2 unspecified atom stereocenters. The van der Waals surface area contributed by atoms with Crippen LogP contribution in [0.4, 0.5) is 4.39 Å². The summed E-state index contributed by atoms with van der Waals surface area (Å²) in [5.41, 5.74) is 1.72. The van der Waals surface area contributed by atoms with Crippen molar-refractivity contribution in [3.8, 4) is 17.2 Å². The third kappa shape index (κ3) is 6.75. The number of aromatic nitrogens is 1. The maximum Gasteiger partial charge on any atom is 0.262 e. The summed E-state index contributed by atoms with van der Waals surface area (Å²) >= 11 is 0. The summed E-state index contributed by atoms with van der Waals surface area (Å²) in [5, 5.41) is 2.89. The van der Waals surface area contributed by atoms with E-state index in [9.17, 15) is 9.18 Å². The number of carbonyl (C=O) groups excluding carboxylic acids is 1. The molecule has 0 radical (unpaired) electrons. The van der Waals surface area contributed by atoms with Gasteiger partial charge in [-0.15, -0.1) is 0 Å². The van der Waals surface area contributed by atoms with E-state index in [2.05, 4.69) is 15.2 Å². The van der Waals surface area contributed by atoms with Gasteiger partial charge in [0.2, 0.25) is 6.79 Å². The van der Waals surface area contributed by atoms with Gasteiger partial charge in [0.05, 0.1) is 18.3 Å². The number of hydrogen-bond acceptors (Lipinski definition) is 7. The van der Waals surface area contributed by atoms with Crippen molar-refractivity contribution in [3.05, 3.63) is 83.9 Å². The highest BCUT2D eigenvalue weighted by molar-refractivity contribution is 5.81. The van der Waals surface area contributed by atoms with E-state index in [-0.39, 0.29) is 37.6 Å². The first-order valence-corrected chi connectivity index (χ1v) is 12.5. The molecule has 3 heterocycles. The third-order valence-corrected chi connectivity index (χ3v) is 6.32. The first-order chi connectivity index (χ1) is 18.1. The number of nitrogens with zero attached hydrogens (tertiary/aromatic N) is 2. The van der Waals surface area contributed by atoms with E-state index in [0.29, 0.717) is 24.6 Å². The second-order valence-corrected chi connectivity index (χ2v) is 9.09. The maximum atomic E-state index is 14.5. The SMILES string of the molecule is O=C(NCc1ccccn1)C(CN(Cc1ccc2c(c1)OCO2)CC1CCCO1)Oc1ccccc1F. The number of pyridine rings is 1. The molecule has 0 bridgehead atoms. The van der Waals surface area contributed by atoms with E-state index >= 15 is 0 Å². The van der Waals surface area contributed by atoms with Crippen molar-refractivity contribution >= 4 is 5.91 Å². The predicted octanol–water partition coefficient (Wildman–Crippen LogP) is 3.69. The van der Waals surface area contributed by atoms with Crippen LogP contribution in [0.2, 0.25) is 0 Å². The van der Waals surface area contributed by atoms with Crippen molar-refractivity contribution in [2.75, 3.05) is 26.5 Å². The van der Waals surface area contributed by atoms with Gasteiger partial charge in [0.25, 0.3) is 5.91 Å². The number of para-hydroxylation sites is 1. The van der Waals surface area contributed by atoms with Gasteiger partial charge in [-0.05, 0) is 54.8 Å². The van der Waals surface area contributed by atoms with E-state index < -0.39 is 11.9 Å². The lowest BCUT2D eigenvalue weighted by Crippen LogP contribution is -2.47. The minimum Gasteiger partial charge on any atom is -0.476 e. The van der Waals surface area contributed by atoms with Crippen LogP contribution in [0.25, 0.3) is 0 Å². The van der Waals surface area contributed by atoms with Crippen molar-refractivity contribution in [1.82, 2.24) is 15.2 Å². The molecule has 2 aliphatic heterocycles. The Bertz CT molecular complexity index is 1190. The summed E-state index contributed by atoms with van der Waals surface area (Å²) < 4.78 is 37.3. The van der Waals surface area contributed by atoms with Crippen molar-refractivity contribution in [3.63, 3.8) is 0 Å². The molecule has 0 saturated carbocycles. The first kappa shape index (κ1) is 25.0. The monoisotopic (exact) mass is 507 g/mol. The molecular weight excluding hydrogens is 477 g/mol. The van der Waals surface area contributed by atoms with Gasteiger partial charge in [-0.1, -0.05) is 24.3 Å². The molecule has 1 saturated heterocycles. The molecule has 8 nitrogen and oxygen atoms in total. The number of benzene rings is 2. The Labute approximate surface area is 215 Å². The van der Waals surface area contributed by atoms with E-state index in [1.54, 1.807) is 18.3 Å². The molecule has 1 fully saturated rings. The Kier molecular flexibility index (Phi) is 8.12. The molecule has 0 aliphatic carbocycles. The number of hydrogen-bond donors (Lipinski definition) is 1. The van der Waals surface area contributed by atoms with Gasteiger partial charge in [0.1, 0.15) is 0 Å². The molecule has 5 rings (SSSR count). The molecule has 9 heteroatoms. The summed E-state index contributed by atoms with van der Waals surface area (Å²) in [4.78, 5) is 19.7. The molecular formula is C28H30FN3O5. The Hall–Kier alpha value is -3.69. The van der Waals surface area contributed by atoms with Crippen LogP contribution < -0.4 is 19.5 Å². The third-order valence-electron chi connectivity index (χ3n) is 6.32. The van der Waals surface area contributed by atoms with E-state index in [0.717, 1.165) is 30.7 Å². The Balaban J connectivity index is 1.34. The number of rotatable bonds is 11. The van der Waals surface area contributed by atoms with E-state index in [1.165, 1.54) is 12.1 Å². The van der Waals surface area contributed by atoms with E-state index in [1.807, 2.05) is 36.4 Å². The van der Waals surface area contributed by atoms with Gasteiger partial charge in [0, 0.05) is 32.4 Å². The molecule has 2 aromatic carbocycles. The van der Waals surface area contributed by atoms with Crippen LogP contribution in [0.15, 0.2) is 66.9 Å². The van der Waals surface area contributed by atoms with Gasteiger partial charge in [-0.2, -0.15) is 0 Å². The van der Waals surface area contributed by atoms with Crippen LogP contribution in [0.5, 0.6) is 17.2 Å². The topological polar surface area (TPSA) is 82.2 Å². The number of amides is 1. The highest BCUT2D eigenvalue weighted by Crippen LogP contribution is 2.33. The number of halogens is 1. The lowest BCUT2D eigenvalue weighted by atomic mass is 10.1. The zero-order chi connectivity index (χ0) is 25.5. The fraction of sp³-hybridized carbons (Fsp3) is 0.357. The summed E-state index contributed by atoms with van der Waals surface area (Å²) in [6.07, 6.45) is 2.71. The van der Waals surface area contributed by atoms with Gasteiger partial charge in [-0.3, -0.25) is 14.7 Å². The van der Waals surface area contributed by atoms with Gasteiger partial charge in [-0.25, -0.2) is 4.39 Å². The highest BCUT2D eigenvalue weighted by Gasteiger charge is 2.28. The number of carbonyl (C=O) groups is 1. The quantitative estimate of drug-likeness (QED) is 0.424. The average molecular weight is 508 g/mol. The molecule has 37 heavy (non-hydrogen) atoms. The Morgan fingerprint density at radius 2 is 2.00 bits per heavy atom. The molecule has 1 aromatic heterocycles. The highest BCUT2D eigenvalue weighted by atomic mass is 19.1. The normalized spacial score (nSPS) is 17.1.